The number of pyridine rings is 1. The molecular weight excluding hydrogens is 660 g/mol. The van der Waals surface area contributed by atoms with Crippen molar-refractivity contribution in [3.8, 4) is 17.3 Å². The molecule has 2 aromatic carbocycles. The van der Waals surface area contributed by atoms with Crippen LogP contribution in [0.1, 0.15) is 58.7 Å². The van der Waals surface area contributed by atoms with Crippen molar-refractivity contribution in [2.45, 2.75) is 32.4 Å². The molecule has 3 aromatic heterocycles. The quantitative estimate of drug-likeness (QED) is 0.178. The van der Waals surface area contributed by atoms with E-state index in [-0.39, 0.29) is 34.1 Å². The molecule has 248 valence electrons. The first kappa shape index (κ1) is 33.0. The van der Waals surface area contributed by atoms with Crippen molar-refractivity contribution >= 4 is 40.7 Å². The van der Waals surface area contributed by atoms with Crippen molar-refractivity contribution in [1.82, 2.24) is 24.3 Å². The Kier molecular flexibility index (Phi) is 8.88. The fourth-order valence-corrected chi connectivity index (χ4v) is 6.20. The van der Waals surface area contributed by atoms with Crippen LogP contribution in [0, 0.1) is 5.82 Å². The number of carbonyl (C=O) groups excluding carboxylic acids is 1. The Morgan fingerprint density at radius 2 is 1.73 bits per heavy atom. The molecule has 1 aliphatic heterocycles. The molecule has 1 unspecified atom stereocenters. The van der Waals surface area contributed by atoms with E-state index in [1.807, 2.05) is 40.1 Å². The van der Waals surface area contributed by atoms with Crippen LogP contribution in [0.5, 0.6) is 11.6 Å². The molecule has 0 bridgehead atoms. The number of benzene rings is 2. The van der Waals surface area contributed by atoms with Gasteiger partial charge in [-0.05, 0) is 47.4 Å². The van der Waals surface area contributed by atoms with Crippen LogP contribution in [0.4, 0.5) is 16.0 Å². The number of ether oxygens (including phenoxy) is 2. The van der Waals surface area contributed by atoms with Crippen LogP contribution in [0.3, 0.4) is 0 Å². The lowest BCUT2D eigenvalue weighted by Gasteiger charge is -2.28. The number of hydrogen-bond acceptors (Lipinski definition) is 8. The zero-order chi connectivity index (χ0) is 34.4. The van der Waals surface area contributed by atoms with Gasteiger partial charge in [0.05, 0.1) is 49.4 Å². The third-order valence-corrected chi connectivity index (χ3v) is 8.66. The predicted molar refractivity (Wildman–Crippen MR) is 182 cm³/mol. The summed E-state index contributed by atoms with van der Waals surface area (Å²) in [7, 11) is 6.69. The van der Waals surface area contributed by atoms with Crippen molar-refractivity contribution in [3.63, 3.8) is 0 Å². The minimum absolute atomic E-state index is 0.0615. The van der Waals surface area contributed by atoms with E-state index in [1.54, 1.807) is 47.3 Å². The summed E-state index contributed by atoms with van der Waals surface area (Å²) in [4.78, 5) is 39.9. The number of halogens is 3. The third-order valence-electron chi connectivity index (χ3n) is 8.08. The Morgan fingerprint density at radius 1 is 1.00 bits per heavy atom. The average Bonchev–Trinajstić information content (AvgIpc) is 3.59. The molecule has 0 N–H and O–H groups in total. The Morgan fingerprint density at radius 3 is 2.35 bits per heavy atom. The summed E-state index contributed by atoms with van der Waals surface area (Å²) in [5.41, 5.74) is 2.94. The van der Waals surface area contributed by atoms with Crippen molar-refractivity contribution in [2.75, 3.05) is 38.1 Å². The summed E-state index contributed by atoms with van der Waals surface area (Å²) >= 11 is 12.6. The SMILES string of the molecule is COc1ccc(Cn2cc(N3C(=O)c4nn(-c5cnc(N(C)C)nc5OC)c(C(C)C)c4C3c3ccc(Cl)c(F)c3)cc(Cl)c2=O)cc1. The number of methoxy groups -OCH3 is 2. The lowest BCUT2D eigenvalue weighted by Crippen LogP contribution is -2.32. The number of fused-ring (bicyclic) bond motifs is 1. The molecular formula is C34H32Cl2FN7O4. The van der Waals surface area contributed by atoms with Gasteiger partial charge < -0.3 is 18.9 Å². The lowest BCUT2D eigenvalue weighted by atomic mass is 9.94. The van der Waals surface area contributed by atoms with E-state index in [4.69, 9.17) is 37.8 Å². The van der Waals surface area contributed by atoms with Crippen LogP contribution >= 0.6 is 23.2 Å². The molecule has 4 heterocycles. The summed E-state index contributed by atoms with van der Waals surface area (Å²) in [5.74, 6) is 0.0609. The van der Waals surface area contributed by atoms with Crippen molar-refractivity contribution in [2.24, 2.45) is 0 Å². The predicted octanol–water partition coefficient (Wildman–Crippen LogP) is 6.27. The van der Waals surface area contributed by atoms with Gasteiger partial charge in [-0.2, -0.15) is 10.1 Å². The maximum absolute atomic E-state index is 15.1. The summed E-state index contributed by atoms with van der Waals surface area (Å²) in [6, 6.07) is 12.2. The number of rotatable bonds is 9. The molecule has 1 aliphatic rings. The van der Waals surface area contributed by atoms with E-state index in [2.05, 4.69) is 9.97 Å². The summed E-state index contributed by atoms with van der Waals surface area (Å²) < 4.78 is 29.0. The molecule has 0 aliphatic carbocycles. The topological polar surface area (TPSA) is 108 Å². The summed E-state index contributed by atoms with van der Waals surface area (Å²) in [6.45, 7) is 4.11. The molecule has 14 heteroatoms. The van der Waals surface area contributed by atoms with Gasteiger partial charge in [0, 0.05) is 25.9 Å². The van der Waals surface area contributed by atoms with Gasteiger partial charge in [0.1, 0.15) is 22.3 Å². The summed E-state index contributed by atoms with van der Waals surface area (Å²) in [6.07, 6.45) is 3.16. The Hall–Kier alpha value is -4.94. The van der Waals surface area contributed by atoms with Crippen molar-refractivity contribution in [1.29, 1.82) is 0 Å². The first-order chi connectivity index (χ1) is 22.9. The molecule has 0 spiro atoms. The minimum atomic E-state index is -0.860. The molecule has 5 aromatic rings. The summed E-state index contributed by atoms with van der Waals surface area (Å²) in [5, 5.41) is 4.65. The van der Waals surface area contributed by atoms with Gasteiger partial charge in [-0.25, -0.2) is 14.1 Å². The number of carbonyl (C=O) groups is 1. The maximum Gasteiger partial charge on any atom is 0.280 e. The first-order valence-electron chi connectivity index (χ1n) is 15.0. The monoisotopic (exact) mass is 691 g/mol. The van der Waals surface area contributed by atoms with Gasteiger partial charge in [0.2, 0.25) is 11.8 Å². The third kappa shape index (κ3) is 5.75. The standard InChI is InChI=1S/C34H32Cl2FN7O4/c1-18(2)29-27-28(40-44(29)26-15-38-34(41(3)4)39-31(26)48-6)33(46)43(30(27)20-9-12-23(35)25(37)13-20)21-14-24(36)32(45)42(17-21)16-19-7-10-22(47-5)11-8-19/h7-15,17-18,30H,16H2,1-6H3. The van der Waals surface area contributed by atoms with E-state index < -0.39 is 23.3 Å². The molecule has 6 rings (SSSR count). The minimum Gasteiger partial charge on any atom is -0.497 e. The molecule has 1 amide bonds. The smallest absolute Gasteiger partial charge is 0.280 e. The lowest BCUT2D eigenvalue weighted by molar-refractivity contribution is 0.0988. The number of anilines is 2. The normalized spacial score (nSPS) is 14.1. The molecule has 0 fully saturated rings. The van der Waals surface area contributed by atoms with Crippen molar-refractivity contribution < 1.29 is 18.7 Å². The number of nitrogens with zero attached hydrogens (tertiary/aromatic N) is 7. The highest BCUT2D eigenvalue weighted by atomic mass is 35.5. The molecule has 0 saturated heterocycles. The van der Waals surface area contributed by atoms with Gasteiger partial charge in [-0.1, -0.05) is 55.2 Å². The van der Waals surface area contributed by atoms with Gasteiger partial charge in [-0.15, -0.1) is 0 Å². The fraction of sp³-hybridized carbons (Fsp3) is 0.265. The van der Waals surface area contributed by atoms with E-state index in [1.165, 1.54) is 34.8 Å². The molecule has 1 atom stereocenters. The second-order valence-electron chi connectivity index (χ2n) is 11.8. The van der Waals surface area contributed by atoms with E-state index in [9.17, 15) is 9.59 Å². The highest BCUT2D eigenvalue weighted by molar-refractivity contribution is 6.31. The van der Waals surface area contributed by atoms with Crippen LogP contribution in [0.15, 0.2) is 65.7 Å². The number of hydrogen-bond donors (Lipinski definition) is 0. The molecule has 48 heavy (non-hydrogen) atoms. The second kappa shape index (κ2) is 12.9. The van der Waals surface area contributed by atoms with Gasteiger partial charge >= 0.3 is 0 Å². The zero-order valence-electron chi connectivity index (χ0n) is 27.0. The fourth-order valence-electron chi connectivity index (χ4n) is 5.86. The van der Waals surface area contributed by atoms with Crippen LogP contribution in [-0.2, 0) is 6.54 Å². The molecule has 0 saturated carbocycles. The van der Waals surface area contributed by atoms with Crippen LogP contribution in [0.25, 0.3) is 5.69 Å². The van der Waals surface area contributed by atoms with Gasteiger partial charge in [0.15, 0.2) is 5.69 Å². The largest absolute Gasteiger partial charge is 0.497 e. The Bertz CT molecular complexity index is 2100. The zero-order valence-corrected chi connectivity index (χ0v) is 28.5. The van der Waals surface area contributed by atoms with E-state index >= 15 is 4.39 Å². The molecule has 0 radical (unpaired) electrons. The van der Waals surface area contributed by atoms with Crippen LogP contribution in [-0.4, -0.2) is 58.5 Å². The number of amides is 1. The van der Waals surface area contributed by atoms with Crippen LogP contribution < -0.4 is 24.8 Å². The highest BCUT2D eigenvalue weighted by Crippen LogP contribution is 2.46. The van der Waals surface area contributed by atoms with Crippen LogP contribution in [0.2, 0.25) is 10.0 Å². The van der Waals surface area contributed by atoms with Crippen molar-refractivity contribution in [3.05, 3.63) is 115 Å². The average molecular weight is 693 g/mol. The Labute approximate surface area is 286 Å². The van der Waals surface area contributed by atoms with Gasteiger partial charge in [0.25, 0.3) is 11.5 Å². The van der Waals surface area contributed by atoms with Gasteiger partial charge in [-0.3, -0.25) is 14.5 Å². The highest BCUT2D eigenvalue weighted by Gasteiger charge is 2.45. The maximum atomic E-state index is 15.1. The second-order valence-corrected chi connectivity index (χ2v) is 12.6. The van der Waals surface area contributed by atoms with E-state index in [0.717, 1.165) is 5.56 Å². The Balaban J connectivity index is 1.55. The van der Waals surface area contributed by atoms with E-state index in [0.29, 0.717) is 39.9 Å². The molecule has 11 nitrogen and oxygen atoms in total. The first-order valence-corrected chi connectivity index (χ1v) is 15.7. The number of aromatic nitrogens is 5.